The van der Waals surface area contributed by atoms with Gasteiger partial charge in [-0.3, -0.25) is 4.79 Å². The third-order valence-corrected chi connectivity index (χ3v) is 3.61. The van der Waals surface area contributed by atoms with Crippen LogP contribution < -0.4 is 10.1 Å². The van der Waals surface area contributed by atoms with Crippen LogP contribution in [0, 0.1) is 13.8 Å². The molecule has 0 aliphatic heterocycles. The van der Waals surface area contributed by atoms with Crippen molar-refractivity contribution < 1.29 is 22.7 Å². The predicted molar refractivity (Wildman–Crippen MR) is 74.9 cm³/mol. The summed E-state index contributed by atoms with van der Waals surface area (Å²) in [5.41, 5.74) is 0.419. The van der Waals surface area contributed by atoms with E-state index >= 15 is 0 Å². The number of amides is 1. The molecule has 0 radical (unpaired) electrons. The van der Waals surface area contributed by atoms with E-state index < -0.39 is 18.0 Å². The van der Waals surface area contributed by atoms with E-state index in [4.69, 9.17) is 0 Å². The van der Waals surface area contributed by atoms with E-state index in [1.54, 1.807) is 13.0 Å². The van der Waals surface area contributed by atoms with Crippen LogP contribution in [0.25, 0.3) is 0 Å². The van der Waals surface area contributed by atoms with E-state index in [1.165, 1.54) is 29.5 Å². The van der Waals surface area contributed by atoms with Crippen molar-refractivity contribution in [2.24, 2.45) is 0 Å². The number of carbonyl (C=O) groups is 1. The van der Waals surface area contributed by atoms with Crippen LogP contribution >= 0.6 is 11.3 Å². The molecule has 2 rings (SSSR count). The topological polar surface area (TPSA) is 38.3 Å². The van der Waals surface area contributed by atoms with Crippen LogP contribution in [0.1, 0.15) is 20.1 Å². The number of rotatable bonds is 3. The van der Waals surface area contributed by atoms with Crippen LogP contribution in [-0.4, -0.2) is 12.3 Å². The summed E-state index contributed by atoms with van der Waals surface area (Å²) in [7, 11) is 0. The molecule has 1 N–H and O–H groups in total. The van der Waals surface area contributed by atoms with Crippen molar-refractivity contribution in [1.29, 1.82) is 0 Å². The fourth-order valence-electron chi connectivity index (χ4n) is 1.83. The first-order valence-corrected chi connectivity index (χ1v) is 6.81. The van der Waals surface area contributed by atoms with Gasteiger partial charge < -0.3 is 10.1 Å². The summed E-state index contributed by atoms with van der Waals surface area (Å²) in [5.74, 6) is -0.905. The molecule has 1 heterocycles. The molecule has 0 aliphatic carbocycles. The van der Waals surface area contributed by atoms with Gasteiger partial charge in [0, 0.05) is 9.75 Å². The Hall–Kier alpha value is -2.02. The standard InChI is InChI=1S/C14H12F3NO2S/c1-8-7-10(9(2)21-8)13(19)18-11-5-3-4-6-12(11)20-14(15,16)17/h3-7H,1-2H3,(H,18,19). The van der Waals surface area contributed by atoms with Crippen LogP contribution in [0.5, 0.6) is 5.75 Å². The molecule has 1 aromatic heterocycles. The number of ether oxygens (including phenoxy) is 1. The Morgan fingerprint density at radius 3 is 2.48 bits per heavy atom. The molecule has 0 aliphatic rings. The largest absolute Gasteiger partial charge is 0.573 e. The SMILES string of the molecule is Cc1cc(C(=O)Nc2ccccc2OC(F)(F)F)c(C)s1. The van der Waals surface area contributed by atoms with E-state index in [0.29, 0.717) is 5.56 Å². The quantitative estimate of drug-likeness (QED) is 0.904. The number of hydrogen-bond acceptors (Lipinski definition) is 3. The van der Waals surface area contributed by atoms with Crippen molar-refractivity contribution in [1.82, 2.24) is 0 Å². The van der Waals surface area contributed by atoms with E-state index in [0.717, 1.165) is 15.8 Å². The van der Waals surface area contributed by atoms with Crippen LogP contribution in [-0.2, 0) is 0 Å². The van der Waals surface area contributed by atoms with Gasteiger partial charge in [-0.2, -0.15) is 0 Å². The average Bonchev–Trinajstić information content (AvgIpc) is 2.69. The van der Waals surface area contributed by atoms with Crippen molar-refractivity contribution in [3.8, 4) is 5.75 Å². The molecule has 1 aromatic carbocycles. The normalized spacial score (nSPS) is 11.3. The summed E-state index contributed by atoms with van der Waals surface area (Å²) in [6.45, 7) is 3.64. The van der Waals surface area contributed by atoms with Gasteiger partial charge in [0.2, 0.25) is 0 Å². The highest BCUT2D eigenvalue weighted by Crippen LogP contribution is 2.31. The van der Waals surface area contributed by atoms with Crippen molar-refractivity contribution in [3.63, 3.8) is 0 Å². The number of aryl methyl sites for hydroxylation is 2. The highest BCUT2D eigenvalue weighted by molar-refractivity contribution is 7.12. The van der Waals surface area contributed by atoms with Crippen molar-refractivity contribution in [2.75, 3.05) is 5.32 Å². The molecule has 21 heavy (non-hydrogen) atoms. The Labute approximate surface area is 123 Å². The molecular formula is C14H12F3NO2S. The van der Waals surface area contributed by atoms with Gasteiger partial charge in [0.05, 0.1) is 11.3 Å². The Morgan fingerprint density at radius 2 is 1.90 bits per heavy atom. The Balaban J connectivity index is 2.24. The van der Waals surface area contributed by atoms with E-state index in [-0.39, 0.29) is 5.69 Å². The lowest BCUT2D eigenvalue weighted by atomic mass is 10.2. The third kappa shape index (κ3) is 3.98. The van der Waals surface area contributed by atoms with Crippen LogP contribution in [0.3, 0.4) is 0 Å². The molecule has 0 saturated carbocycles. The predicted octanol–water partition coefficient (Wildman–Crippen LogP) is 4.52. The minimum atomic E-state index is -4.81. The molecule has 112 valence electrons. The lowest BCUT2D eigenvalue weighted by Crippen LogP contribution is -2.19. The number of alkyl halides is 3. The summed E-state index contributed by atoms with van der Waals surface area (Å²) in [4.78, 5) is 13.9. The van der Waals surface area contributed by atoms with E-state index in [2.05, 4.69) is 10.1 Å². The van der Waals surface area contributed by atoms with Gasteiger partial charge in [0.15, 0.2) is 5.75 Å². The number of thiophene rings is 1. The minimum Gasteiger partial charge on any atom is -0.404 e. The second kappa shape index (κ2) is 5.77. The second-order valence-corrected chi connectivity index (χ2v) is 5.79. The number of benzene rings is 1. The molecule has 0 fully saturated rings. The minimum absolute atomic E-state index is 0.0249. The van der Waals surface area contributed by atoms with Crippen molar-refractivity contribution >= 4 is 22.9 Å². The van der Waals surface area contributed by atoms with Gasteiger partial charge in [-0.15, -0.1) is 24.5 Å². The number of carbonyl (C=O) groups excluding carboxylic acids is 1. The molecule has 0 bridgehead atoms. The number of halogens is 3. The maximum atomic E-state index is 12.3. The molecule has 0 atom stereocenters. The maximum Gasteiger partial charge on any atom is 0.573 e. The molecule has 0 saturated heterocycles. The van der Waals surface area contributed by atoms with Gasteiger partial charge in [0.1, 0.15) is 0 Å². The fraction of sp³-hybridized carbons (Fsp3) is 0.214. The van der Waals surface area contributed by atoms with Gasteiger partial charge in [0.25, 0.3) is 5.91 Å². The zero-order valence-electron chi connectivity index (χ0n) is 11.2. The Kier molecular flexibility index (Phi) is 4.22. The maximum absolute atomic E-state index is 12.3. The van der Waals surface area contributed by atoms with Gasteiger partial charge in [-0.25, -0.2) is 0 Å². The summed E-state index contributed by atoms with van der Waals surface area (Å²) < 4.78 is 40.8. The summed E-state index contributed by atoms with van der Waals surface area (Å²) in [6, 6.07) is 7.12. The Bertz CT molecular complexity index is 664. The van der Waals surface area contributed by atoms with Crippen molar-refractivity contribution in [2.45, 2.75) is 20.2 Å². The highest BCUT2D eigenvalue weighted by atomic mass is 32.1. The number of nitrogens with one attached hydrogen (secondary N) is 1. The molecule has 7 heteroatoms. The monoisotopic (exact) mass is 315 g/mol. The van der Waals surface area contributed by atoms with Gasteiger partial charge >= 0.3 is 6.36 Å². The lowest BCUT2D eigenvalue weighted by molar-refractivity contribution is -0.274. The van der Waals surface area contributed by atoms with Crippen LogP contribution in [0.2, 0.25) is 0 Å². The van der Waals surface area contributed by atoms with Gasteiger partial charge in [-0.05, 0) is 32.0 Å². The first-order valence-electron chi connectivity index (χ1n) is 5.99. The highest BCUT2D eigenvalue weighted by Gasteiger charge is 2.32. The summed E-state index contributed by atoms with van der Waals surface area (Å²) in [5, 5.41) is 2.45. The first kappa shape index (κ1) is 15.4. The van der Waals surface area contributed by atoms with Crippen LogP contribution in [0.4, 0.5) is 18.9 Å². The zero-order valence-corrected chi connectivity index (χ0v) is 12.1. The van der Waals surface area contributed by atoms with E-state index in [9.17, 15) is 18.0 Å². The number of anilines is 1. The number of para-hydroxylation sites is 2. The molecule has 0 spiro atoms. The molecular weight excluding hydrogens is 303 g/mol. The smallest absolute Gasteiger partial charge is 0.404 e. The first-order chi connectivity index (χ1) is 9.76. The second-order valence-electron chi connectivity index (χ2n) is 4.32. The number of hydrogen-bond donors (Lipinski definition) is 1. The Morgan fingerprint density at radius 1 is 1.24 bits per heavy atom. The molecule has 1 amide bonds. The zero-order chi connectivity index (χ0) is 15.6. The molecule has 3 nitrogen and oxygen atoms in total. The van der Waals surface area contributed by atoms with Crippen molar-refractivity contribution in [3.05, 3.63) is 45.6 Å². The average molecular weight is 315 g/mol. The van der Waals surface area contributed by atoms with Gasteiger partial charge in [-0.1, -0.05) is 12.1 Å². The lowest BCUT2D eigenvalue weighted by Gasteiger charge is -2.13. The molecule has 2 aromatic rings. The summed E-state index contributed by atoms with van der Waals surface area (Å²) >= 11 is 1.45. The summed E-state index contributed by atoms with van der Waals surface area (Å²) in [6.07, 6.45) is -4.81. The molecule has 0 unspecified atom stereocenters. The third-order valence-electron chi connectivity index (χ3n) is 2.65. The fourth-order valence-corrected chi connectivity index (χ4v) is 2.75. The van der Waals surface area contributed by atoms with Crippen LogP contribution in [0.15, 0.2) is 30.3 Å². The van der Waals surface area contributed by atoms with E-state index in [1.807, 2.05) is 6.92 Å².